The minimum atomic E-state index is 0.830. The van der Waals surface area contributed by atoms with Gasteiger partial charge in [0.15, 0.2) is 5.75 Å². The van der Waals surface area contributed by atoms with Gasteiger partial charge in [-0.05, 0) is 44.2 Å². The lowest BCUT2D eigenvalue weighted by Crippen LogP contribution is -2.47. The number of likely N-dealkylation sites (N-methyl/N-ethyl adjacent to an activating group) is 1. The van der Waals surface area contributed by atoms with E-state index < -0.39 is 0 Å². The molecule has 1 fully saturated rings. The van der Waals surface area contributed by atoms with Gasteiger partial charge in [0.2, 0.25) is 0 Å². The first kappa shape index (κ1) is 15.2. The van der Waals surface area contributed by atoms with E-state index in [1.54, 1.807) is 0 Å². The Morgan fingerprint density at radius 3 is 2.42 bits per heavy atom. The summed E-state index contributed by atoms with van der Waals surface area (Å²) in [6.45, 7) is 8.34. The van der Waals surface area contributed by atoms with Crippen molar-refractivity contribution in [2.45, 2.75) is 13.8 Å². The third kappa shape index (κ3) is 2.57. The molecule has 4 heteroatoms. The second-order valence-corrected chi connectivity index (χ2v) is 6.70. The monoisotopic (exact) mass is 321 g/mol. The predicted molar refractivity (Wildman–Crippen MR) is 97.7 cm³/mol. The summed E-state index contributed by atoms with van der Waals surface area (Å²) >= 11 is 0. The highest BCUT2D eigenvalue weighted by Crippen LogP contribution is 2.40. The van der Waals surface area contributed by atoms with Crippen LogP contribution in [0, 0.1) is 13.8 Å². The van der Waals surface area contributed by atoms with Gasteiger partial charge in [0.1, 0.15) is 17.3 Å². The third-order valence-corrected chi connectivity index (χ3v) is 4.89. The lowest BCUT2D eigenvalue weighted by atomic mass is 10.0. The second-order valence-electron chi connectivity index (χ2n) is 6.70. The van der Waals surface area contributed by atoms with Crippen LogP contribution in [-0.2, 0) is 0 Å². The molecular formula is C20H23N3O. The zero-order valence-electron chi connectivity index (χ0n) is 14.5. The topological polar surface area (TPSA) is 28.1 Å². The summed E-state index contributed by atoms with van der Waals surface area (Å²) in [5.74, 6) is 2.82. The number of piperazine rings is 1. The standard InChI is InChI=1S/C20H23N3O/c1-14-8-9-15(2)19-18(14)20(23-12-10-22(3)11-13-23)21-16-6-4-5-7-17(16)24-19/h4-9H,10-13H2,1-3H3. The Kier molecular flexibility index (Phi) is 3.77. The van der Waals surface area contributed by atoms with E-state index in [9.17, 15) is 0 Å². The van der Waals surface area contributed by atoms with Gasteiger partial charge in [0.05, 0.1) is 5.56 Å². The molecule has 1 saturated heterocycles. The van der Waals surface area contributed by atoms with Crippen LogP contribution >= 0.6 is 0 Å². The van der Waals surface area contributed by atoms with Gasteiger partial charge in [0.25, 0.3) is 0 Å². The molecule has 4 rings (SSSR count). The van der Waals surface area contributed by atoms with Gasteiger partial charge in [-0.15, -0.1) is 0 Å². The minimum Gasteiger partial charge on any atom is -0.454 e. The molecule has 2 heterocycles. The number of amidine groups is 1. The summed E-state index contributed by atoms with van der Waals surface area (Å²) in [4.78, 5) is 9.79. The highest BCUT2D eigenvalue weighted by molar-refractivity contribution is 6.05. The van der Waals surface area contributed by atoms with Crippen molar-refractivity contribution in [1.29, 1.82) is 0 Å². The molecule has 4 nitrogen and oxygen atoms in total. The van der Waals surface area contributed by atoms with Crippen molar-refractivity contribution in [2.75, 3.05) is 33.2 Å². The molecule has 0 unspecified atom stereocenters. The van der Waals surface area contributed by atoms with Crippen molar-refractivity contribution in [2.24, 2.45) is 4.99 Å². The molecular weight excluding hydrogens is 298 g/mol. The van der Waals surface area contributed by atoms with E-state index in [1.165, 1.54) is 5.56 Å². The first-order valence-electron chi connectivity index (χ1n) is 8.53. The van der Waals surface area contributed by atoms with Crippen LogP contribution in [0.5, 0.6) is 11.5 Å². The van der Waals surface area contributed by atoms with Gasteiger partial charge in [-0.2, -0.15) is 0 Å². The molecule has 0 aromatic heterocycles. The Bertz CT molecular complexity index is 805. The number of aliphatic imine (C=N–C) groups is 1. The van der Waals surface area contributed by atoms with Crippen LogP contribution in [0.4, 0.5) is 5.69 Å². The molecule has 24 heavy (non-hydrogen) atoms. The number of hydrogen-bond donors (Lipinski definition) is 0. The minimum absolute atomic E-state index is 0.830. The highest BCUT2D eigenvalue weighted by Gasteiger charge is 2.27. The zero-order valence-corrected chi connectivity index (χ0v) is 14.5. The first-order valence-corrected chi connectivity index (χ1v) is 8.53. The smallest absolute Gasteiger partial charge is 0.153 e. The largest absolute Gasteiger partial charge is 0.454 e. The van der Waals surface area contributed by atoms with Crippen LogP contribution in [-0.4, -0.2) is 48.9 Å². The number of para-hydroxylation sites is 2. The van der Waals surface area contributed by atoms with Crippen molar-refractivity contribution >= 4 is 11.5 Å². The number of aryl methyl sites for hydroxylation is 2. The Balaban J connectivity index is 1.90. The maximum atomic E-state index is 6.30. The van der Waals surface area contributed by atoms with Crippen molar-refractivity contribution in [1.82, 2.24) is 9.80 Å². The lowest BCUT2D eigenvalue weighted by molar-refractivity contribution is 0.215. The Labute approximate surface area is 143 Å². The van der Waals surface area contributed by atoms with Gasteiger partial charge >= 0.3 is 0 Å². The van der Waals surface area contributed by atoms with Crippen LogP contribution in [0.15, 0.2) is 41.4 Å². The van der Waals surface area contributed by atoms with Crippen LogP contribution < -0.4 is 4.74 Å². The maximum absolute atomic E-state index is 6.30. The summed E-state index contributed by atoms with van der Waals surface area (Å²) < 4.78 is 6.30. The molecule has 0 atom stereocenters. The molecule has 0 N–H and O–H groups in total. The van der Waals surface area contributed by atoms with Gasteiger partial charge in [-0.1, -0.05) is 24.3 Å². The molecule has 0 amide bonds. The fourth-order valence-corrected chi connectivity index (χ4v) is 3.36. The van der Waals surface area contributed by atoms with Crippen LogP contribution in [0.2, 0.25) is 0 Å². The average Bonchev–Trinajstić information content (AvgIpc) is 2.77. The second kappa shape index (κ2) is 5.95. The summed E-state index contributed by atoms with van der Waals surface area (Å²) in [5.41, 5.74) is 4.40. The predicted octanol–water partition coefficient (Wildman–Crippen LogP) is 3.73. The Morgan fingerprint density at radius 1 is 0.917 bits per heavy atom. The molecule has 124 valence electrons. The molecule has 2 aromatic rings. The Morgan fingerprint density at radius 2 is 1.62 bits per heavy atom. The van der Waals surface area contributed by atoms with E-state index >= 15 is 0 Å². The highest BCUT2D eigenvalue weighted by atomic mass is 16.5. The molecule has 0 radical (unpaired) electrons. The fourth-order valence-electron chi connectivity index (χ4n) is 3.36. The zero-order chi connectivity index (χ0) is 16.7. The van der Waals surface area contributed by atoms with E-state index in [2.05, 4.69) is 42.8 Å². The Hall–Kier alpha value is -2.33. The summed E-state index contributed by atoms with van der Waals surface area (Å²) in [5, 5.41) is 0. The number of fused-ring (bicyclic) bond motifs is 2. The molecule has 0 aliphatic carbocycles. The molecule has 2 aromatic carbocycles. The number of ether oxygens (including phenoxy) is 1. The van der Waals surface area contributed by atoms with Gasteiger partial charge in [0, 0.05) is 26.2 Å². The quantitative estimate of drug-likeness (QED) is 0.740. The summed E-state index contributed by atoms with van der Waals surface area (Å²) in [7, 11) is 2.17. The van der Waals surface area contributed by atoms with Gasteiger partial charge in [-0.3, -0.25) is 0 Å². The SMILES string of the molecule is Cc1ccc(C)c2c1Oc1ccccc1N=C2N1CCN(C)CC1. The van der Waals surface area contributed by atoms with Gasteiger partial charge in [-0.25, -0.2) is 4.99 Å². The first-order chi connectivity index (χ1) is 11.6. The molecule has 0 spiro atoms. The van der Waals surface area contributed by atoms with Crippen LogP contribution in [0.25, 0.3) is 0 Å². The molecule has 0 bridgehead atoms. The van der Waals surface area contributed by atoms with E-state index in [4.69, 9.17) is 9.73 Å². The molecule has 2 aliphatic rings. The number of benzene rings is 2. The fraction of sp³-hybridized carbons (Fsp3) is 0.350. The normalized spacial score (nSPS) is 17.5. The number of hydrogen-bond acceptors (Lipinski definition) is 4. The summed E-state index contributed by atoms with van der Waals surface area (Å²) in [6, 6.07) is 12.3. The van der Waals surface area contributed by atoms with Crippen molar-refractivity contribution in [3.8, 4) is 11.5 Å². The van der Waals surface area contributed by atoms with Gasteiger partial charge < -0.3 is 14.5 Å². The van der Waals surface area contributed by atoms with Crippen molar-refractivity contribution < 1.29 is 4.74 Å². The third-order valence-electron chi connectivity index (χ3n) is 4.89. The van der Waals surface area contributed by atoms with Crippen molar-refractivity contribution in [3.63, 3.8) is 0 Å². The van der Waals surface area contributed by atoms with E-state index in [-0.39, 0.29) is 0 Å². The van der Waals surface area contributed by atoms with Crippen LogP contribution in [0.3, 0.4) is 0 Å². The maximum Gasteiger partial charge on any atom is 0.153 e. The molecule has 2 aliphatic heterocycles. The van der Waals surface area contributed by atoms with E-state index in [0.29, 0.717) is 0 Å². The van der Waals surface area contributed by atoms with E-state index in [0.717, 1.165) is 60.3 Å². The number of nitrogens with zero attached hydrogens (tertiary/aromatic N) is 3. The lowest BCUT2D eigenvalue weighted by Gasteiger charge is -2.35. The van der Waals surface area contributed by atoms with Crippen LogP contribution in [0.1, 0.15) is 16.7 Å². The van der Waals surface area contributed by atoms with E-state index in [1.807, 2.05) is 24.3 Å². The van der Waals surface area contributed by atoms with Crippen molar-refractivity contribution in [3.05, 3.63) is 53.1 Å². The number of rotatable bonds is 0. The molecule has 0 saturated carbocycles. The summed E-state index contributed by atoms with van der Waals surface area (Å²) in [6.07, 6.45) is 0. The average molecular weight is 321 g/mol.